The summed E-state index contributed by atoms with van der Waals surface area (Å²) in [4.78, 5) is 40.7. The summed E-state index contributed by atoms with van der Waals surface area (Å²) in [6.07, 6.45) is 0.0614. The van der Waals surface area contributed by atoms with Crippen LogP contribution in [0.2, 0.25) is 0 Å². The number of aliphatic hydroxyl groups is 1. The Bertz CT molecular complexity index is 1310. The van der Waals surface area contributed by atoms with E-state index in [-0.39, 0.29) is 41.9 Å². The van der Waals surface area contributed by atoms with Crippen molar-refractivity contribution < 1.29 is 19.6 Å². The largest absolute Gasteiger partial charge is 0.458 e. The average molecular weight is 393 g/mol. The first kappa shape index (κ1) is 17.5. The van der Waals surface area contributed by atoms with Gasteiger partial charge in [0.2, 0.25) is 0 Å². The number of fused-ring (bicyclic) bond motifs is 5. The van der Waals surface area contributed by atoms with Gasteiger partial charge >= 0.3 is 5.97 Å². The minimum absolute atomic E-state index is 0.0558. The lowest BCUT2D eigenvalue weighted by molar-refractivity contribution is -0.383. The molecule has 5 rings (SSSR count). The highest BCUT2D eigenvalue weighted by molar-refractivity contribution is 5.91. The second kappa shape index (κ2) is 5.71. The molecule has 4 heterocycles. The Hall–Kier alpha value is -3.59. The normalized spacial score (nSPS) is 19.4. The molecule has 2 aliphatic heterocycles. The van der Waals surface area contributed by atoms with Crippen molar-refractivity contribution in [3.05, 3.63) is 67.5 Å². The lowest BCUT2D eigenvalue weighted by Crippen LogP contribution is -2.44. The quantitative estimate of drug-likeness (QED) is 0.314. The monoisotopic (exact) mass is 393 g/mol. The van der Waals surface area contributed by atoms with E-state index in [2.05, 4.69) is 4.98 Å². The summed E-state index contributed by atoms with van der Waals surface area (Å²) in [5.74, 6) is -0.780. The number of rotatable bonds is 2. The van der Waals surface area contributed by atoms with E-state index in [4.69, 9.17) is 4.74 Å². The lowest BCUT2D eigenvalue weighted by atomic mass is 9.86. The molecule has 1 N–H and O–H groups in total. The van der Waals surface area contributed by atoms with E-state index in [0.717, 1.165) is 0 Å². The highest BCUT2D eigenvalue weighted by Gasteiger charge is 2.45. The molecule has 0 fully saturated rings. The number of cyclic esters (lactones) is 1. The van der Waals surface area contributed by atoms with Crippen LogP contribution in [0.4, 0.5) is 5.69 Å². The maximum atomic E-state index is 13.1. The third-order valence-corrected chi connectivity index (χ3v) is 5.73. The molecule has 9 heteroatoms. The van der Waals surface area contributed by atoms with E-state index in [1.165, 1.54) is 10.6 Å². The summed E-state index contributed by atoms with van der Waals surface area (Å²) in [5.41, 5.74) is 0.241. The minimum Gasteiger partial charge on any atom is -0.458 e. The van der Waals surface area contributed by atoms with E-state index in [9.17, 15) is 24.8 Å². The van der Waals surface area contributed by atoms with Crippen molar-refractivity contribution in [3.8, 4) is 11.4 Å². The average Bonchev–Trinajstić information content (AvgIpc) is 3.07. The predicted octanol–water partition coefficient (Wildman–Crippen LogP) is 1.99. The number of nitro groups is 1. The summed E-state index contributed by atoms with van der Waals surface area (Å²) in [6, 6.07) is 7.92. The van der Waals surface area contributed by atoms with Crippen molar-refractivity contribution in [1.82, 2.24) is 9.55 Å². The Morgan fingerprint density at radius 1 is 1.34 bits per heavy atom. The molecule has 3 aromatic rings. The van der Waals surface area contributed by atoms with Gasteiger partial charge in [-0.15, -0.1) is 0 Å². The van der Waals surface area contributed by atoms with Crippen LogP contribution in [0.5, 0.6) is 0 Å². The molecule has 9 nitrogen and oxygen atoms in total. The zero-order valence-corrected chi connectivity index (χ0v) is 15.3. The van der Waals surface area contributed by atoms with Crippen molar-refractivity contribution in [3.63, 3.8) is 0 Å². The number of hydrogen-bond acceptors (Lipinski definition) is 7. The van der Waals surface area contributed by atoms with Crippen molar-refractivity contribution in [1.29, 1.82) is 0 Å². The van der Waals surface area contributed by atoms with Crippen molar-refractivity contribution in [2.24, 2.45) is 0 Å². The van der Waals surface area contributed by atoms with Crippen LogP contribution in [0.15, 0.2) is 35.1 Å². The van der Waals surface area contributed by atoms with Gasteiger partial charge in [-0.2, -0.15) is 0 Å². The Morgan fingerprint density at radius 2 is 2.14 bits per heavy atom. The number of hydrogen-bond donors (Lipinski definition) is 1. The zero-order chi connectivity index (χ0) is 20.5. The van der Waals surface area contributed by atoms with Crippen LogP contribution in [0.3, 0.4) is 0 Å². The van der Waals surface area contributed by atoms with E-state index in [1.807, 2.05) is 0 Å². The molecule has 29 heavy (non-hydrogen) atoms. The fourth-order valence-corrected chi connectivity index (χ4v) is 4.15. The highest BCUT2D eigenvalue weighted by atomic mass is 16.6. The van der Waals surface area contributed by atoms with E-state index in [1.54, 1.807) is 31.2 Å². The van der Waals surface area contributed by atoms with Gasteiger partial charge in [0, 0.05) is 17.2 Å². The molecule has 0 radical (unpaired) electrons. The first-order valence-corrected chi connectivity index (χ1v) is 9.09. The number of nitrogens with zero attached hydrogens (tertiary/aromatic N) is 3. The number of carbonyl (C=O) groups excluding carboxylic acids is 1. The molecule has 0 amide bonds. The molecular formula is C20H15N3O6. The third kappa shape index (κ3) is 2.21. The Labute approximate surface area is 163 Å². The molecule has 0 aliphatic carbocycles. The van der Waals surface area contributed by atoms with E-state index in [0.29, 0.717) is 27.9 Å². The first-order chi connectivity index (χ1) is 13.8. The molecule has 2 aromatic heterocycles. The molecule has 1 aromatic carbocycles. The Kier molecular flexibility index (Phi) is 3.45. The van der Waals surface area contributed by atoms with Gasteiger partial charge in [-0.3, -0.25) is 14.9 Å². The molecule has 0 saturated heterocycles. The van der Waals surface area contributed by atoms with Gasteiger partial charge in [-0.1, -0.05) is 13.0 Å². The molecule has 0 bridgehead atoms. The molecule has 0 saturated carbocycles. The van der Waals surface area contributed by atoms with Gasteiger partial charge in [0.15, 0.2) is 5.60 Å². The van der Waals surface area contributed by atoms with Crippen molar-refractivity contribution in [2.75, 3.05) is 0 Å². The second-order valence-corrected chi connectivity index (χ2v) is 7.20. The molecule has 0 unspecified atom stereocenters. The summed E-state index contributed by atoms with van der Waals surface area (Å²) in [5, 5.41) is 22.6. The molecule has 146 valence electrons. The number of pyridine rings is 2. The van der Waals surface area contributed by atoms with E-state index < -0.39 is 16.5 Å². The highest BCUT2D eigenvalue weighted by Crippen LogP contribution is 2.39. The second-order valence-electron chi connectivity index (χ2n) is 7.20. The van der Waals surface area contributed by atoms with Crippen LogP contribution >= 0.6 is 0 Å². The number of aromatic nitrogens is 2. The molecule has 1 atom stereocenters. The predicted molar refractivity (Wildman–Crippen MR) is 101 cm³/mol. The van der Waals surface area contributed by atoms with Gasteiger partial charge in [0.05, 0.1) is 39.3 Å². The van der Waals surface area contributed by atoms with Gasteiger partial charge in [0.1, 0.15) is 6.61 Å². The smallest absolute Gasteiger partial charge is 0.343 e. The summed E-state index contributed by atoms with van der Waals surface area (Å²) in [6.45, 7) is 1.64. The minimum atomic E-state index is -1.89. The molecule has 0 spiro atoms. The number of non-ortho nitro benzene ring substituents is 1. The fraction of sp³-hybridized carbons (Fsp3) is 0.250. The third-order valence-electron chi connectivity index (χ3n) is 5.73. The Balaban J connectivity index is 1.79. The lowest BCUT2D eigenvalue weighted by Gasteiger charge is -2.31. The van der Waals surface area contributed by atoms with Gasteiger partial charge in [-0.25, -0.2) is 9.78 Å². The van der Waals surface area contributed by atoms with Crippen LogP contribution in [-0.2, 0) is 28.3 Å². The first-order valence-electron chi connectivity index (χ1n) is 9.09. The van der Waals surface area contributed by atoms with Crippen LogP contribution in [0.25, 0.3) is 22.3 Å². The topological polar surface area (TPSA) is 125 Å². The Morgan fingerprint density at radius 3 is 2.86 bits per heavy atom. The number of carbonyl (C=O) groups is 1. The van der Waals surface area contributed by atoms with E-state index >= 15 is 0 Å². The maximum Gasteiger partial charge on any atom is 0.343 e. The molecule has 2 aliphatic rings. The summed E-state index contributed by atoms with van der Waals surface area (Å²) >= 11 is 0. The summed E-state index contributed by atoms with van der Waals surface area (Å²) < 4.78 is 6.54. The van der Waals surface area contributed by atoms with Crippen LogP contribution in [-0.4, -0.2) is 25.6 Å². The van der Waals surface area contributed by atoms with Crippen LogP contribution < -0.4 is 5.56 Å². The molecular weight excluding hydrogens is 378 g/mol. The number of esters is 1. The van der Waals surface area contributed by atoms with Crippen molar-refractivity contribution in [2.45, 2.75) is 32.1 Å². The number of ether oxygens (including phenoxy) is 1. The zero-order valence-electron chi connectivity index (χ0n) is 15.3. The maximum absolute atomic E-state index is 13.1. The number of benzene rings is 1. The summed E-state index contributed by atoms with van der Waals surface area (Å²) in [7, 11) is 0. The van der Waals surface area contributed by atoms with Crippen molar-refractivity contribution >= 4 is 22.6 Å². The standard InChI is InChI=1S/C20H15N3O6/c1-2-20(26)13-7-16-17-10(8-22(16)18(24)12(13)9-29-19(20)25)6-11-14(21-17)4-3-5-15(11)23(27)28/h3-7,26H,2,8-9H2,1H3/t20-/m1/s1. The van der Waals surface area contributed by atoms with Gasteiger partial charge < -0.3 is 14.4 Å². The van der Waals surface area contributed by atoms with Crippen LogP contribution in [0, 0.1) is 10.1 Å². The SMILES string of the molecule is CC[C@]1(O)C(=O)OCc2c1cc1n(c2=O)Cc2cc3c([N+](=O)[O-])cccc3nc2-1. The van der Waals surface area contributed by atoms with Gasteiger partial charge in [0.25, 0.3) is 11.2 Å². The number of nitro benzene ring substituents is 1. The van der Waals surface area contributed by atoms with Gasteiger partial charge in [-0.05, 0) is 24.6 Å². The fourth-order valence-electron chi connectivity index (χ4n) is 4.15. The van der Waals surface area contributed by atoms with Crippen LogP contribution in [0.1, 0.15) is 30.0 Å².